The van der Waals surface area contributed by atoms with Crippen molar-refractivity contribution in [3.05, 3.63) is 65.0 Å². The molecule has 0 aromatic heterocycles. The lowest BCUT2D eigenvalue weighted by Gasteiger charge is -2.37. The fraction of sp³-hybridized carbons (Fsp3) is 0.586. The zero-order valence-corrected chi connectivity index (χ0v) is 20.3. The van der Waals surface area contributed by atoms with Gasteiger partial charge in [-0.15, -0.1) is 0 Å². The lowest BCUT2D eigenvalue weighted by molar-refractivity contribution is -0.185. The van der Waals surface area contributed by atoms with E-state index in [4.69, 9.17) is 0 Å². The smallest absolute Gasteiger partial charge is 0.426 e. The lowest BCUT2D eigenvalue weighted by atomic mass is 9.68. The summed E-state index contributed by atoms with van der Waals surface area (Å²) < 4.78 is 73.1. The number of ether oxygens (including phenoxy) is 1. The zero-order valence-electron chi connectivity index (χ0n) is 20.3. The van der Waals surface area contributed by atoms with Crippen molar-refractivity contribution in [1.82, 2.24) is 0 Å². The van der Waals surface area contributed by atoms with Crippen LogP contribution in [0.5, 0.6) is 5.75 Å². The average molecular weight is 495 g/mol. The third kappa shape index (κ3) is 6.56. The van der Waals surface area contributed by atoms with Crippen molar-refractivity contribution in [2.24, 2.45) is 23.7 Å². The first-order chi connectivity index (χ1) is 16.7. The Hall–Kier alpha value is -2.11. The monoisotopic (exact) mass is 494 g/mol. The molecule has 0 atom stereocenters. The molecule has 2 aromatic rings. The second kappa shape index (κ2) is 11.3. The van der Waals surface area contributed by atoms with Gasteiger partial charge in [0.1, 0.15) is 5.75 Å². The second-order valence-corrected chi connectivity index (χ2v) is 10.5. The molecule has 2 aliphatic carbocycles. The molecule has 0 radical (unpaired) electrons. The van der Waals surface area contributed by atoms with E-state index in [9.17, 15) is 22.0 Å². The van der Waals surface area contributed by atoms with Gasteiger partial charge in [0.2, 0.25) is 0 Å². The first kappa shape index (κ1) is 26.0. The van der Waals surface area contributed by atoms with E-state index in [1.54, 1.807) is 12.1 Å². The summed E-state index contributed by atoms with van der Waals surface area (Å²) in [4.78, 5) is 0. The molecule has 6 heteroatoms. The molecule has 0 saturated heterocycles. The molecule has 0 aliphatic heterocycles. The molecule has 0 bridgehead atoms. The second-order valence-electron chi connectivity index (χ2n) is 10.5. The number of alkyl halides is 2. The summed E-state index contributed by atoms with van der Waals surface area (Å²) in [6.45, 7) is 2.31. The van der Waals surface area contributed by atoms with Gasteiger partial charge in [0.05, 0.1) is 5.56 Å². The highest BCUT2D eigenvalue weighted by Crippen LogP contribution is 2.42. The Bertz CT molecular complexity index is 935. The normalized spacial score (nSPS) is 25.4. The third-order valence-corrected chi connectivity index (χ3v) is 8.36. The van der Waals surface area contributed by atoms with Crippen molar-refractivity contribution in [2.45, 2.75) is 83.7 Å². The van der Waals surface area contributed by atoms with E-state index in [1.807, 2.05) is 0 Å². The van der Waals surface area contributed by atoms with Crippen LogP contribution < -0.4 is 4.74 Å². The molecule has 4 rings (SSSR count). The Morgan fingerprint density at radius 3 is 1.80 bits per heavy atom. The highest BCUT2D eigenvalue weighted by molar-refractivity contribution is 5.29. The standard InChI is InChI=1S/C29H35F5O/c1-2-19-5-11-22(12-6-19)23-13-7-20(8-14-23)3-4-21-9-15-24(16-10-21)29(33,34)35-25-17-26(30)28(32)27(31)18-25/h9-10,15-20,22-23H,2-8,11-14H2,1H3/t19-,20-,22-,23-. The maximum Gasteiger partial charge on any atom is 0.426 e. The Kier molecular flexibility index (Phi) is 8.38. The van der Waals surface area contributed by atoms with Crippen LogP contribution in [0.1, 0.15) is 82.3 Å². The minimum atomic E-state index is -3.80. The number of rotatable bonds is 8. The van der Waals surface area contributed by atoms with E-state index in [-0.39, 0.29) is 0 Å². The maximum atomic E-state index is 14.5. The van der Waals surface area contributed by atoms with Crippen LogP contribution in [0.4, 0.5) is 22.0 Å². The largest absolute Gasteiger partial charge is 0.429 e. The van der Waals surface area contributed by atoms with E-state index in [0.29, 0.717) is 18.1 Å². The minimum absolute atomic E-state index is 0.408. The Morgan fingerprint density at radius 1 is 0.771 bits per heavy atom. The van der Waals surface area contributed by atoms with Crippen LogP contribution >= 0.6 is 0 Å². The number of aryl methyl sites for hydroxylation is 1. The highest BCUT2D eigenvalue weighted by Gasteiger charge is 2.35. The van der Waals surface area contributed by atoms with Gasteiger partial charge in [0, 0.05) is 12.1 Å². The zero-order chi connectivity index (χ0) is 25.0. The van der Waals surface area contributed by atoms with E-state index < -0.39 is 34.9 Å². The van der Waals surface area contributed by atoms with Gasteiger partial charge in [-0.2, -0.15) is 8.78 Å². The summed E-state index contributed by atoms with van der Waals surface area (Å²) in [7, 11) is 0. The molecular formula is C29H35F5O. The Morgan fingerprint density at radius 2 is 1.29 bits per heavy atom. The van der Waals surface area contributed by atoms with Gasteiger partial charge in [-0.1, -0.05) is 51.2 Å². The number of halogens is 5. The van der Waals surface area contributed by atoms with Crippen LogP contribution in [0.25, 0.3) is 0 Å². The summed E-state index contributed by atoms with van der Waals surface area (Å²) >= 11 is 0. The van der Waals surface area contributed by atoms with Gasteiger partial charge in [-0.3, -0.25) is 0 Å². The van der Waals surface area contributed by atoms with Crippen molar-refractivity contribution in [3.8, 4) is 5.75 Å². The van der Waals surface area contributed by atoms with Gasteiger partial charge in [-0.05, 0) is 79.9 Å². The van der Waals surface area contributed by atoms with Gasteiger partial charge in [0.25, 0.3) is 0 Å². The quantitative estimate of drug-likeness (QED) is 0.263. The fourth-order valence-corrected chi connectivity index (χ4v) is 6.05. The summed E-state index contributed by atoms with van der Waals surface area (Å²) in [5.74, 6) is -2.23. The predicted molar refractivity (Wildman–Crippen MR) is 127 cm³/mol. The van der Waals surface area contributed by atoms with E-state index in [2.05, 4.69) is 11.7 Å². The number of hydrogen-bond acceptors (Lipinski definition) is 1. The molecule has 0 spiro atoms. The van der Waals surface area contributed by atoms with Crippen molar-refractivity contribution < 1.29 is 26.7 Å². The molecule has 1 nitrogen and oxygen atoms in total. The van der Waals surface area contributed by atoms with Gasteiger partial charge < -0.3 is 4.74 Å². The third-order valence-electron chi connectivity index (χ3n) is 8.36. The average Bonchev–Trinajstić information content (AvgIpc) is 2.86. The van der Waals surface area contributed by atoms with Crippen molar-refractivity contribution in [3.63, 3.8) is 0 Å². The molecule has 0 heterocycles. The van der Waals surface area contributed by atoms with Crippen LogP contribution in [-0.2, 0) is 12.5 Å². The Balaban J connectivity index is 1.24. The van der Waals surface area contributed by atoms with Gasteiger partial charge >= 0.3 is 6.11 Å². The molecule has 2 aromatic carbocycles. The molecule has 0 unspecified atom stereocenters. The molecule has 0 N–H and O–H groups in total. The molecular weight excluding hydrogens is 459 g/mol. The topological polar surface area (TPSA) is 9.23 Å². The summed E-state index contributed by atoms with van der Waals surface area (Å²) in [6, 6.07) is 6.66. The van der Waals surface area contributed by atoms with Crippen LogP contribution in [0, 0.1) is 41.1 Å². The molecule has 192 valence electrons. The first-order valence-electron chi connectivity index (χ1n) is 13.1. The van der Waals surface area contributed by atoms with Crippen molar-refractivity contribution >= 4 is 0 Å². The number of hydrogen-bond donors (Lipinski definition) is 0. The van der Waals surface area contributed by atoms with Crippen molar-refractivity contribution in [1.29, 1.82) is 0 Å². The molecule has 2 fully saturated rings. The van der Waals surface area contributed by atoms with E-state index >= 15 is 0 Å². The van der Waals surface area contributed by atoms with Crippen LogP contribution in [-0.4, -0.2) is 0 Å². The summed E-state index contributed by atoms with van der Waals surface area (Å²) in [6.07, 6.45) is 10.2. The van der Waals surface area contributed by atoms with Gasteiger partial charge in [0.15, 0.2) is 17.5 Å². The molecule has 35 heavy (non-hydrogen) atoms. The molecule has 2 saturated carbocycles. The fourth-order valence-electron chi connectivity index (χ4n) is 6.05. The first-order valence-corrected chi connectivity index (χ1v) is 13.1. The van der Waals surface area contributed by atoms with E-state index in [1.165, 1.54) is 69.9 Å². The van der Waals surface area contributed by atoms with Gasteiger partial charge in [-0.25, -0.2) is 13.2 Å². The SMILES string of the molecule is CC[C@H]1CC[C@H]([C@H]2CC[C@H](CCc3ccc(C(F)(F)Oc4cc(F)c(F)c(F)c4)cc3)CC2)CC1. The summed E-state index contributed by atoms with van der Waals surface area (Å²) in [5.41, 5.74) is 0.549. The van der Waals surface area contributed by atoms with Crippen LogP contribution in [0.15, 0.2) is 36.4 Å². The maximum absolute atomic E-state index is 14.5. The lowest BCUT2D eigenvalue weighted by Crippen LogP contribution is -2.25. The highest BCUT2D eigenvalue weighted by atomic mass is 19.3. The molecule has 2 aliphatic rings. The molecule has 0 amide bonds. The van der Waals surface area contributed by atoms with Crippen LogP contribution in [0.2, 0.25) is 0 Å². The minimum Gasteiger partial charge on any atom is -0.429 e. The predicted octanol–water partition coefficient (Wildman–Crippen LogP) is 9.19. The summed E-state index contributed by atoms with van der Waals surface area (Å²) in [5, 5.41) is 0. The Labute approximate surface area is 205 Å². The number of benzene rings is 2. The van der Waals surface area contributed by atoms with E-state index in [0.717, 1.165) is 36.2 Å². The van der Waals surface area contributed by atoms with Crippen LogP contribution in [0.3, 0.4) is 0 Å². The van der Waals surface area contributed by atoms with Crippen molar-refractivity contribution in [2.75, 3.05) is 0 Å².